The Hall–Kier alpha value is -1.65. The number of amides is 1. The Bertz CT molecular complexity index is 807. The van der Waals surface area contributed by atoms with E-state index in [0.717, 1.165) is 49.6 Å². The Morgan fingerprint density at radius 2 is 2.20 bits per heavy atom. The predicted octanol–water partition coefficient (Wildman–Crippen LogP) is 4.12. The number of carbonyl (C=O) groups excluding carboxylic acids is 1. The third-order valence-electron chi connectivity index (χ3n) is 4.80. The second-order valence-corrected chi connectivity index (χ2v) is 8.14. The molecule has 6 nitrogen and oxygen atoms in total. The van der Waals surface area contributed by atoms with Crippen molar-refractivity contribution >= 4 is 52.9 Å². The van der Waals surface area contributed by atoms with Crippen molar-refractivity contribution in [1.82, 2.24) is 10.2 Å². The molecule has 30 heavy (non-hydrogen) atoms. The summed E-state index contributed by atoms with van der Waals surface area (Å²) in [7, 11) is 2.06. The summed E-state index contributed by atoms with van der Waals surface area (Å²) in [4.78, 5) is 20.6. The van der Waals surface area contributed by atoms with Gasteiger partial charge in [-0.2, -0.15) is 0 Å². The topological polar surface area (TPSA) is 66.0 Å². The molecule has 1 saturated heterocycles. The van der Waals surface area contributed by atoms with Crippen LogP contribution in [0.1, 0.15) is 30.2 Å². The van der Waals surface area contributed by atoms with E-state index in [4.69, 9.17) is 9.73 Å². The number of aliphatic imine (C=N–C) groups is 1. The molecule has 0 saturated carbocycles. The molecule has 3 rings (SSSR count). The second-order valence-electron chi connectivity index (χ2n) is 7.11. The van der Waals surface area contributed by atoms with Crippen LogP contribution in [-0.4, -0.2) is 49.6 Å². The minimum atomic E-state index is -0.325. The molecule has 1 aromatic carbocycles. The zero-order valence-electron chi connectivity index (χ0n) is 17.6. The van der Waals surface area contributed by atoms with E-state index in [2.05, 4.69) is 47.0 Å². The molecule has 164 valence electrons. The number of anilines is 1. The zero-order chi connectivity index (χ0) is 20.5. The van der Waals surface area contributed by atoms with Crippen molar-refractivity contribution in [3.63, 3.8) is 0 Å². The Morgan fingerprint density at radius 1 is 1.33 bits per heavy atom. The summed E-state index contributed by atoms with van der Waals surface area (Å²) in [5.41, 5.74) is 1.84. The number of carbonyl (C=O) groups is 1. The van der Waals surface area contributed by atoms with Crippen molar-refractivity contribution < 1.29 is 9.53 Å². The van der Waals surface area contributed by atoms with E-state index in [0.29, 0.717) is 13.2 Å². The first kappa shape index (κ1) is 24.6. The Labute approximate surface area is 200 Å². The number of halogens is 1. The third-order valence-corrected chi connectivity index (χ3v) is 5.73. The molecule has 0 spiro atoms. The molecular weight excluding hydrogens is 511 g/mol. The maximum atomic E-state index is 12.3. The molecular formula is C22H31IN4O2S. The zero-order valence-corrected chi connectivity index (χ0v) is 20.7. The van der Waals surface area contributed by atoms with E-state index in [9.17, 15) is 4.79 Å². The summed E-state index contributed by atoms with van der Waals surface area (Å²) in [5, 5.41) is 8.43. The van der Waals surface area contributed by atoms with Gasteiger partial charge in [-0.1, -0.05) is 18.2 Å². The largest absolute Gasteiger partial charge is 0.368 e. The number of guanidine groups is 1. The van der Waals surface area contributed by atoms with Gasteiger partial charge in [-0.05, 0) is 55.3 Å². The monoisotopic (exact) mass is 542 g/mol. The molecule has 0 bridgehead atoms. The van der Waals surface area contributed by atoms with Gasteiger partial charge in [-0.25, -0.2) is 4.99 Å². The molecule has 8 heteroatoms. The van der Waals surface area contributed by atoms with Gasteiger partial charge in [0, 0.05) is 37.3 Å². The lowest BCUT2D eigenvalue weighted by Crippen LogP contribution is -2.39. The van der Waals surface area contributed by atoms with Crippen molar-refractivity contribution in [2.24, 2.45) is 4.99 Å². The van der Waals surface area contributed by atoms with Gasteiger partial charge >= 0.3 is 0 Å². The molecule has 1 amide bonds. The lowest BCUT2D eigenvalue weighted by Gasteiger charge is -2.21. The fraction of sp³-hybridized carbons (Fsp3) is 0.455. The van der Waals surface area contributed by atoms with Crippen LogP contribution in [0.5, 0.6) is 0 Å². The standard InChI is InChI=1S/C22H30N4O2S.HI/c1-3-23-22(26(2)12-11-19-9-6-14-29-19)24-16-17-7-4-8-18(15-17)25-21(27)20-10-5-13-28-20;/h4,6-9,14-15,20H,3,5,10-13,16H2,1-2H3,(H,23,24)(H,25,27);1H. The fourth-order valence-corrected chi connectivity index (χ4v) is 3.93. The van der Waals surface area contributed by atoms with Gasteiger partial charge in [-0.3, -0.25) is 4.79 Å². The number of ether oxygens (including phenoxy) is 1. The van der Waals surface area contributed by atoms with E-state index < -0.39 is 0 Å². The Kier molecular flexibility index (Phi) is 10.6. The van der Waals surface area contributed by atoms with E-state index in [1.165, 1.54) is 4.88 Å². The normalized spacial score (nSPS) is 16.1. The van der Waals surface area contributed by atoms with Gasteiger partial charge in [-0.15, -0.1) is 35.3 Å². The minimum absolute atomic E-state index is 0. The van der Waals surface area contributed by atoms with Crippen LogP contribution in [0.4, 0.5) is 5.69 Å². The van der Waals surface area contributed by atoms with Gasteiger partial charge < -0.3 is 20.3 Å². The lowest BCUT2D eigenvalue weighted by atomic mass is 10.2. The van der Waals surface area contributed by atoms with E-state index in [1.807, 2.05) is 24.3 Å². The van der Waals surface area contributed by atoms with Crippen molar-refractivity contribution in [3.05, 3.63) is 52.2 Å². The smallest absolute Gasteiger partial charge is 0.253 e. The number of nitrogens with zero attached hydrogens (tertiary/aromatic N) is 2. The number of hydrogen-bond acceptors (Lipinski definition) is 4. The van der Waals surface area contributed by atoms with E-state index in [-0.39, 0.29) is 36.0 Å². The molecule has 2 aromatic rings. The maximum absolute atomic E-state index is 12.3. The average Bonchev–Trinajstić information content (AvgIpc) is 3.44. The summed E-state index contributed by atoms with van der Waals surface area (Å²) >= 11 is 1.79. The highest BCUT2D eigenvalue weighted by atomic mass is 127. The molecule has 1 fully saturated rings. The highest BCUT2D eigenvalue weighted by Crippen LogP contribution is 2.17. The highest BCUT2D eigenvalue weighted by Gasteiger charge is 2.23. The number of likely N-dealkylation sites (N-methyl/N-ethyl adjacent to an activating group) is 1. The van der Waals surface area contributed by atoms with E-state index >= 15 is 0 Å². The number of hydrogen-bond donors (Lipinski definition) is 2. The van der Waals surface area contributed by atoms with Crippen LogP contribution in [0, 0.1) is 0 Å². The molecule has 2 N–H and O–H groups in total. The lowest BCUT2D eigenvalue weighted by molar-refractivity contribution is -0.124. The van der Waals surface area contributed by atoms with Crippen LogP contribution >= 0.6 is 35.3 Å². The fourth-order valence-electron chi connectivity index (χ4n) is 3.23. The number of rotatable bonds is 8. The Morgan fingerprint density at radius 3 is 2.90 bits per heavy atom. The van der Waals surface area contributed by atoms with Gasteiger partial charge in [0.2, 0.25) is 0 Å². The molecule has 1 atom stereocenters. The van der Waals surface area contributed by atoms with Gasteiger partial charge in [0.1, 0.15) is 6.10 Å². The van der Waals surface area contributed by atoms with Crippen molar-refractivity contribution in [3.8, 4) is 0 Å². The Balaban J connectivity index is 0.00000320. The molecule has 1 aliphatic rings. The quantitative estimate of drug-likeness (QED) is 0.299. The third kappa shape index (κ3) is 7.55. The first-order chi connectivity index (χ1) is 14.2. The van der Waals surface area contributed by atoms with E-state index in [1.54, 1.807) is 11.3 Å². The van der Waals surface area contributed by atoms with Crippen molar-refractivity contribution in [2.45, 2.75) is 38.8 Å². The molecule has 0 aliphatic carbocycles. The maximum Gasteiger partial charge on any atom is 0.253 e. The number of nitrogens with one attached hydrogen (secondary N) is 2. The van der Waals surface area contributed by atoms with Crippen LogP contribution in [0.25, 0.3) is 0 Å². The highest BCUT2D eigenvalue weighted by molar-refractivity contribution is 14.0. The van der Waals surface area contributed by atoms with Crippen LogP contribution in [-0.2, 0) is 22.5 Å². The molecule has 1 aliphatic heterocycles. The summed E-state index contributed by atoms with van der Waals surface area (Å²) in [6.07, 6.45) is 2.41. The SMILES string of the molecule is CCNC(=NCc1cccc(NC(=O)C2CCCO2)c1)N(C)CCc1cccs1.I. The molecule has 2 heterocycles. The van der Waals surface area contributed by atoms with Gasteiger partial charge in [0.25, 0.3) is 5.91 Å². The number of benzene rings is 1. The summed E-state index contributed by atoms with van der Waals surface area (Å²) in [6.45, 7) is 5.02. The van der Waals surface area contributed by atoms with Crippen LogP contribution in [0.15, 0.2) is 46.8 Å². The minimum Gasteiger partial charge on any atom is -0.368 e. The second kappa shape index (κ2) is 12.9. The van der Waals surface area contributed by atoms with Crippen LogP contribution < -0.4 is 10.6 Å². The van der Waals surface area contributed by atoms with Gasteiger partial charge in [0.15, 0.2) is 5.96 Å². The number of thiophene rings is 1. The molecule has 1 unspecified atom stereocenters. The molecule has 0 radical (unpaired) electrons. The predicted molar refractivity (Wildman–Crippen MR) is 135 cm³/mol. The summed E-state index contributed by atoms with van der Waals surface area (Å²) in [6, 6.07) is 12.1. The van der Waals surface area contributed by atoms with Crippen LogP contribution in [0.3, 0.4) is 0 Å². The van der Waals surface area contributed by atoms with Crippen molar-refractivity contribution in [2.75, 3.05) is 32.1 Å². The first-order valence-electron chi connectivity index (χ1n) is 10.2. The van der Waals surface area contributed by atoms with Crippen molar-refractivity contribution in [1.29, 1.82) is 0 Å². The summed E-state index contributed by atoms with van der Waals surface area (Å²) in [5.74, 6) is 0.822. The van der Waals surface area contributed by atoms with Gasteiger partial charge in [0.05, 0.1) is 6.54 Å². The molecule has 1 aromatic heterocycles. The first-order valence-corrected chi connectivity index (χ1v) is 11.1. The van der Waals surface area contributed by atoms with Crippen LogP contribution in [0.2, 0.25) is 0 Å². The average molecular weight is 542 g/mol. The summed E-state index contributed by atoms with van der Waals surface area (Å²) < 4.78 is 5.45.